The van der Waals surface area contributed by atoms with Crippen molar-refractivity contribution in [2.45, 2.75) is 75.9 Å². The van der Waals surface area contributed by atoms with Crippen molar-refractivity contribution >= 4 is 33.5 Å². The van der Waals surface area contributed by atoms with Gasteiger partial charge in [0.05, 0.1) is 22.4 Å². The summed E-state index contributed by atoms with van der Waals surface area (Å²) in [6, 6.07) is 9.65. The van der Waals surface area contributed by atoms with Crippen molar-refractivity contribution in [1.29, 1.82) is 0 Å². The molecule has 1 aliphatic heterocycles. The fraction of sp³-hybridized carbons (Fsp3) is 0.500. The number of rotatable bonds is 5. The SMILES string of the molecule is Cn1c(-c2cc3ccc4c(c3n2CC2CC2)NCC4(C)C)nc2cc(C(=O)N[C@@H]3CC[C@@H]4CC[C@]43N)cc(F)c21. The maximum absolute atomic E-state index is 15.6. The summed E-state index contributed by atoms with van der Waals surface area (Å²) in [6.07, 6.45) is 6.46. The number of aromatic nitrogens is 3. The van der Waals surface area contributed by atoms with Gasteiger partial charge in [-0.15, -0.1) is 0 Å². The lowest BCUT2D eigenvalue weighted by atomic mass is 9.68. The number of anilines is 1. The van der Waals surface area contributed by atoms with Crippen molar-refractivity contribution in [3.63, 3.8) is 0 Å². The minimum atomic E-state index is -0.437. The first-order valence-corrected chi connectivity index (χ1v) is 14.8. The van der Waals surface area contributed by atoms with Gasteiger partial charge in [0.15, 0.2) is 5.82 Å². The maximum atomic E-state index is 15.6. The molecule has 1 amide bonds. The molecule has 3 heterocycles. The molecule has 4 aliphatic rings. The highest BCUT2D eigenvalue weighted by Gasteiger charge is 2.53. The van der Waals surface area contributed by atoms with Crippen LogP contribution in [0.25, 0.3) is 33.5 Å². The Bertz CT molecular complexity index is 1730. The number of hydrogen-bond acceptors (Lipinski definition) is 4. The van der Waals surface area contributed by atoms with Gasteiger partial charge in [-0.3, -0.25) is 4.79 Å². The fourth-order valence-electron chi connectivity index (χ4n) is 7.74. The highest BCUT2D eigenvalue weighted by molar-refractivity contribution is 6.00. The van der Waals surface area contributed by atoms with E-state index in [0.717, 1.165) is 49.9 Å². The largest absolute Gasteiger partial charge is 0.382 e. The van der Waals surface area contributed by atoms with Gasteiger partial charge in [0.1, 0.15) is 11.3 Å². The van der Waals surface area contributed by atoms with Gasteiger partial charge in [-0.05, 0) is 74.1 Å². The minimum Gasteiger partial charge on any atom is -0.382 e. The van der Waals surface area contributed by atoms with Gasteiger partial charge in [-0.2, -0.15) is 0 Å². The third kappa shape index (κ3) is 3.38. The Kier molecular flexibility index (Phi) is 4.94. The highest BCUT2D eigenvalue weighted by atomic mass is 19.1. The van der Waals surface area contributed by atoms with E-state index in [9.17, 15) is 4.79 Å². The molecule has 8 heteroatoms. The van der Waals surface area contributed by atoms with Crippen LogP contribution in [-0.4, -0.2) is 38.2 Å². The molecule has 4 aromatic rings. The van der Waals surface area contributed by atoms with E-state index in [1.165, 1.54) is 35.7 Å². The molecule has 7 nitrogen and oxygen atoms in total. The Balaban J connectivity index is 1.22. The molecule has 8 rings (SSSR count). The number of benzene rings is 2. The first kappa shape index (κ1) is 24.4. The Morgan fingerprint density at radius 2 is 1.98 bits per heavy atom. The van der Waals surface area contributed by atoms with E-state index >= 15 is 4.39 Å². The molecule has 2 aromatic heterocycles. The van der Waals surface area contributed by atoms with Gasteiger partial charge in [-0.25, -0.2) is 9.37 Å². The molecule has 40 heavy (non-hydrogen) atoms. The maximum Gasteiger partial charge on any atom is 0.251 e. The van der Waals surface area contributed by atoms with E-state index in [2.05, 4.69) is 47.2 Å². The number of nitrogens with zero attached hydrogens (tertiary/aromatic N) is 3. The quantitative estimate of drug-likeness (QED) is 0.314. The molecule has 3 aliphatic carbocycles. The molecule has 0 bridgehead atoms. The number of nitrogens with two attached hydrogens (primary N) is 1. The number of imidazole rings is 1. The third-order valence-corrected chi connectivity index (χ3v) is 10.5. The van der Waals surface area contributed by atoms with Crippen LogP contribution in [0.2, 0.25) is 0 Å². The monoisotopic (exact) mass is 540 g/mol. The van der Waals surface area contributed by atoms with Crippen molar-refractivity contribution < 1.29 is 9.18 Å². The number of carbonyl (C=O) groups is 1. The Hall–Kier alpha value is -3.39. The summed E-state index contributed by atoms with van der Waals surface area (Å²) in [5.74, 6) is 1.14. The molecular weight excluding hydrogens is 503 g/mol. The van der Waals surface area contributed by atoms with E-state index in [-0.39, 0.29) is 22.9 Å². The Labute approximate surface area is 233 Å². The normalized spacial score (nSPS) is 26.5. The van der Waals surface area contributed by atoms with E-state index < -0.39 is 5.82 Å². The number of amides is 1. The second kappa shape index (κ2) is 8.09. The molecule has 3 atom stereocenters. The number of halogens is 1. The molecular formula is C32H37FN6O. The van der Waals surface area contributed by atoms with Crippen LogP contribution in [0.3, 0.4) is 0 Å². The molecule has 0 spiro atoms. The van der Waals surface area contributed by atoms with Crippen LogP contribution < -0.4 is 16.4 Å². The van der Waals surface area contributed by atoms with Crippen LogP contribution in [0, 0.1) is 17.7 Å². The van der Waals surface area contributed by atoms with E-state index in [4.69, 9.17) is 10.7 Å². The lowest BCUT2D eigenvalue weighted by Crippen LogP contribution is -2.63. The topological polar surface area (TPSA) is 89.9 Å². The Morgan fingerprint density at radius 3 is 2.70 bits per heavy atom. The minimum absolute atomic E-state index is 0.0600. The van der Waals surface area contributed by atoms with Crippen LogP contribution in [0.4, 0.5) is 10.1 Å². The van der Waals surface area contributed by atoms with Crippen molar-refractivity contribution in [2.75, 3.05) is 11.9 Å². The average Bonchev–Trinajstić information content (AvgIpc) is 3.38. The van der Waals surface area contributed by atoms with E-state index in [0.29, 0.717) is 34.3 Å². The first-order chi connectivity index (χ1) is 19.1. The predicted molar refractivity (Wildman–Crippen MR) is 156 cm³/mol. The van der Waals surface area contributed by atoms with Gasteiger partial charge >= 0.3 is 0 Å². The van der Waals surface area contributed by atoms with Crippen LogP contribution in [0.15, 0.2) is 30.3 Å². The average molecular weight is 541 g/mol. The number of nitrogens with one attached hydrogen (secondary N) is 2. The second-order valence-electron chi connectivity index (χ2n) is 13.5. The number of fused-ring (bicyclic) bond motifs is 5. The summed E-state index contributed by atoms with van der Waals surface area (Å²) < 4.78 is 19.9. The lowest BCUT2D eigenvalue weighted by molar-refractivity contribution is 0.0861. The first-order valence-electron chi connectivity index (χ1n) is 14.8. The summed E-state index contributed by atoms with van der Waals surface area (Å²) in [6.45, 7) is 6.37. The van der Waals surface area contributed by atoms with Crippen LogP contribution >= 0.6 is 0 Å². The van der Waals surface area contributed by atoms with Crippen LogP contribution in [0.5, 0.6) is 0 Å². The van der Waals surface area contributed by atoms with E-state index in [1.54, 1.807) is 6.07 Å². The molecule has 2 aromatic carbocycles. The Morgan fingerprint density at radius 1 is 1.15 bits per heavy atom. The highest BCUT2D eigenvalue weighted by Crippen LogP contribution is 2.49. The second-order valence-corrected chi connectivity index (χ2v) is 13.5. The van der Waals surface area contributed by atoms with Crippen LogP contribution in [0.1, 0.15) is 68.3 Å². The van der Waals surface area contributed by atoms with Crippen molar-refractivity contribution in [1.82, 2.24) is 19.4 Å². The summed E-state index contributed by atoms with van der Waals surface area (Å²) in [7, 11) is 1.87. The standard InChI is InChI=1S/C32H37FN6O/c1-31(2)16-35-26-21(31)8-6-18-14-24(39(27(18)26)15-17-4-5-17)29-36-23-13-19(12-22(33)28(23)38(29)3)30(40)37-25-9-7-20-10-11-32(20,25)34/h6,8,12-14,17,20,25,35H,4-5,7,9-11,15-16,34H2,1-3H3,(H,37,40)/t20-,25-,32+/m1/s1. The zero-order chi connectivity index (χ0) is 27.6. The summed E-state index contributed by atoms with van der Waals surface area (Å²) >= 11 is 0. The van der Waals surface area contributed by atoms with E-state index in [1.807, 2.05) is 11.6 Å². The van der Waals surface area contributed by atoms with Crippen LogP contribution in [-0.2, 0) is 19.0 Å². The third-order valence-electron chi connectivity index (χ3n) is 10.5. The molecule has 0 saturated heterocycles. The lowest BCUT2D eigenvalue weighted by Gasteiger charge is -2.45. The number of carbonyl (C=O) groups excluding carboxylic acids is 1. The molecule has 208 valence electrons. The smallest absolute Gasteiger partial charge is 0.251 e. The van der Waals surface area contributed by atoms with Gasteiger partial charge < -0.3 is 25.5 Å². The fourth-order valence-corrected chi connectivity index (χ4v) is 7.74. The zero-order valence-corrected chi connectivity index (χ0v) is 23.5. The molecule has 3 saturated carbocycles. The molecule has 3 fully saturated rings. The molecule has 4 N–H and O–H groups in total. The van der Waals surface area contributed by atoms with Crippen molar-refractivity contribution in [3.8, 4) is 11.5 Å². The van der Waals surface area contributed by atoms with Gasteiger partial charge in [0.2, 0.25) is 0 Å². The summed E-state index contributed by atoms with van der Waals surface area (Å²) in [5, 5.41) is 7.97. The van der Waals surface area contributed by atoms with Crippen molar-refractivity contribution in [2.24, 2.45) is 24.6 Å². The molecule has 0 radical (unpaired) electrons. The summed E-state index contributed by atoms with van der Waals surface area (Å²) in [5.41, 5.74) is 12.3. The van der Waals surface area contributed by atoms with Crippen molar-refractivity contribution in [3.05, 3.63) is 47.3 Å². The number of aryl methyl sites for hydroxylation is 1. The van der Waals surface area contributed by atoms with Gasteiger partial charge in [-0.1, -0.05) is 26.0 Å². The number of hydrogen-bond donors (Lipinski definition) is 3. The van der Waals surface area contributed by atoms with Gasteiger partial charge in [0.25, 0.3) is 5.91 Å². The zero-order valence-electron chi connectivity index (χ0n) is 23.5. The predicted octanol–water partition coefficient (Wildman–Crippen LogP) is 5.45. The summed E-state index contributed by atoms with van der Waals surface area (Å²) in [4.78, 5) is 18.2. The van der Waals surface area contributed by atoms with Gasteiger partial charge in [0, 0.05) is 48.1 Å². The molecule has 0 unspecified atom stereocenters.